The maximum absolute atomic E-state index is 13.8. The highest BCUT2D eigenvalue weighted by atomic mass is 32.1. The van der Waals surface area contributed by atoms with Gasteiger partial charge in [-0.25, -0.2) is 14.8 Å². The van der Waals surface area contributed by atoms with Gasteiger partial charge in [-0.05, 0) is 61.8 Å². The zero-order valence-corrected chi connectivity index (χ0v) is 24.0. The van der Waals surface area contributed by atoms with Gasteiger partial charge < -0.3 is 20.3 Å². The Labute approximate surface area is 243 Å². The van der Waals surface area contributed by atoms with E-state index >= 15 is 0 Å². The molecule has 212 valence electrons. The number of rotatable bonds is 7. The van der Waals surface area contributed by atoms with E-state index in [1.807, 2.05) is 42.9 Å². The number of hydrogen-bond acceptors (Lipinski definition) is 6. The number of aromatic nitrogens is 3. The number of imidazole rings is 1. The van der Waals surface area contributed by atoms with Crippen LogP contribution in [-0.4, -0.2) is 31.5 Å². The minimum absolute atomic E-state index is 0.00606. The van der Waals surface area contributed by atoms with Gasteiger partial charge in [0.15, 0.2) is 0 Å². The van der Waals surface area contributed by atoms with E-state index in [-0.39, 0.29) is 17.9 Å². The molecule has 0 saturated heterocycles. The topological polar surface area (TPSA) is 109 Å². The van der Waals surface area contributed by atoms with Gasteiger partial charge in [0.1, 0.15) is 10.8 Å². The van der Waals surface area contributed by atoms with Crippen molar-refractivity contribution in [3.8, 4) is 0 Å². The molecular weight excluding hydrogens is 534 g/mol. The fraction of sp³-hybridized carbons (Fsp3) is 0.438. The zero-order chi connectivity index (χ0) is 28.1. The van der Waals surface area contributed by atoms with Crippen molar-refractivity contribution in [2.75, 3.05) is 5.32 Å². The van der Waals surface area contributed by atoms with Crippen LogP contribution in [0.1, 0.15) is 95.0 Å². The van der Waals surface area contributed by atoms with E-state index in [9.17, 15) is 9.59 Å². The highest BCUT2D eigenvalue weighted by Gasteiger charge is 2.45. The van der Waals surface area contributed by atoms with E-state index in [1.165, 1.54) is 37.3 Å². The highest BCUT2D eigenvalue weighted by molar-refractivity contribution is 7.09. The lowest BCUT2D eigenvalue weighted by molar-refractivity contribution is -0.131. The second kappa shape index (κ2) is 10.3. The number of carbonyl (C=O) groups excluding carboxylic acids is 1. The Hall–Kier alpha value is -3.72. The minimum atomic E-state index is -0.948. The van der Waals surface area contributed by atoms with Gasteiger partial charge in [-0.2, -0.15) is 0 Å². The van der Waals surface area contributed by atoms with Crippen molar-refractivity contribution in [3.05, 3.63) is 81.4 Å². The van der Waals surface area contributed by atoms with E-state index in [1.54, 1.807) is 17.4 Å². The predicted molar refractivity (Wildman–Crippen MR) is 159 cm³/mol. The maximum atomic E-state index is 13.8. The molecule has 7 rings (SSSR count). The lowest BCUT2D eigenvalue weighted by atomic mass is 9.75. The second-order valence-electron chi connectivity index (χ2n) is 12.0. The summed E-state index contributed by atoms with van der Waals surface area (Å²) in [5.74, 6) is 0.861. The third kappa shape index (κ3) is 4.60. The molecule has 1 aliphatic heterocycles. The van der Waals surface area contributed by atoms with Gasteiger partial charge in [0.05, 0.1) is 23.0 Å². The molecule has 3 unspecified atom stereocenters. The highest BCUT2D eigenvalue weighted by Crippen LogP contribution is 2.52. The first-order valence-electron chi connectivity index (χ1n) is 14.7. The summed E-state index contributed by atoms with van der Waals surface area (Å²) in [5.41, 5.74) is 4.47. The number of carboxylic acid groups (broad SMARTS) is 1. The van der Waals surface area contributed by atoms with Crippen molar-refractivity contribution in [1.29, 1.82) is 0 Å². The number of thiazole rings is 1. The molecule has 3 aliphatic carbocycles. The van der Waals surface area contributed by atoms with Crippen LogP contribution in [0.3, 0.4) is 0 Å². The summed E-state index contributed by atoms with van der Waals surface area (Å²) >= 11 is 1.70. The Morgan fingerprint density at radius 1 is 1.22 bits per heavy atom. The average Bonchev–Trinajstić information content (AvgIpc) is 3.75. The molecule has 0 radical (unpaired) electrons. The van der Waals surface area contributed by atoms with Crippen molar-refractivity contribution < 1.29 is 14.7 Å². The lowest BCUT2D eigenvalue weighted by Crippen LogP contribution is -2.52. The van der Waals surface area contributed by atoms with E-state index in [0.717, 1.165) is 47.2 Å². The number of aliphatic carboxylic acids is 1. The molecule has 3 heterocycles. The van der Waals surface area contributed by atoms with Crippen LogP contribution < -0.4 is 10.6 Å². The predicted octanol–water partition coefficient (Wildman–Crippen LogP) is 5.95. The Bertz CT molecular complexity index is 1550. The standard InChI is InChI=1S/C32H35N5O3S/c1-37-25-11-7-19(8-12-26(38)39)17-24(25)35-31(37)32(13-4-14-32)36-29(40)21-9-10-22-23(18-21)34-28(30-33-15-16-41-30)27(22)20-5-2-3-6-20/h7-12,15-16,18-20,27-28,34H,2-6,13-14,17H2,1H3,(H,36,40)(H,38,39)/b12-8+. The molecule has 4 aliphatic rings. The number of amides is 1. The van der Waals surface area contributed by atoms with Crippen LogP contribution in [0, 0.1) is 11.8 Å². The largest absolute Gasteiger partial charge is 0.478 e. The quantitative estimate of drug-likeness (QED) is 0.303. The van der Waals surface area contributed by atoms with Crippen LogP contribution >= 0.6 is 11.3 Å². The number of benzene rings is 1. The maximum Gasteiger partial charge on any atom is 0.327 e. The van der Waals surface area contributed by atoms with Crippen LogP contribution in [0.4, 0.5) is 5.69 Å². The monoisotopic (exact) mass is 569 g/mol. The number of fused-ring (bicyclic) bond motifs is 2. The summed E-state index contributed by atoms with van der Waals surface area (Å²) in [4.78, 5) is 34.4. The van der Waals surface area contributed by atoms with Crippen LogP contribution in [0.25, 0.3) is 6.08 Å². The molecule has 3 N–H and O–H groups in total. The van der Waals surface area contributed by atoms with Gasteiger partial charge in [0.2, 0.25) is 0 Å². The molecule has 0 bridgehead atoms. The zero-order valence-electron chi connectivity index (χ0n) is 23.2. The van der Waals surface area contributed by atoms with Gasteiger partial charge in [-0.15, -0.1) is 11.3 Å². The Morgan fingerprint density at radius 2 is 2.05 bits per heavy atom. The van der Waals surface area contributed by atoms with E-state index in [0.29, 0.717) is 23.8 Å². The van der Waals surface area contributed by atoms with E-state index in [2.05, 4.69) is 26.3 Å². The fourth-order valence-corrected chi connectivity index (χ4v) is 8.15. The molecule has 2 fully saturated rings. The van der Waals surface area contributed by atoms with E-state index < -0.39 is 11.5 Å². The Balaban J connectivity index is 1.14. The molecule has 2 aromatic heterocycles. The number of anilines is 1. The fourth-order valence-electron chi connectivity index (χ4n) is 7.42. The van der Waals surface area contributed by atoms with Crippen molar-refractivity contribution in [1.82, 2.24) is 19.9 Å². The third-order valence-corrected chi connectivity index (χ3v) is 10.4. The van der Waals surface area contributed by atoms with Crippen LogP contribution in [0.15, 0.2) is 48.0 Å². The summed E-state index contributed by atoms with van der Waals surface area (Å²) in [7, 11) is 2.01. The number of nitrogens with zero attached hydrogens (tertiary/aromatic N) is 3. The molecule has 1 aromatic carbocycles. The molecule has 8 nitrogen and oxygen atoms in total. The van der Waals surface area contributed by atoms with Crippen molar-refractivity contribution >= 4 is 35.0 Å². The van der Waals surface area contributed by atoms with Crippen LogP contribution in [0.5, 0.6) is 0 Å². The number of allylic oxidation sites excluding steroid dienone is 2. The summed E-state index contributed by atoms with van der Waals surface area (Å²) in [6.07, 6.45) is 17.2. The van der Waals surface area contributed by atoms with Crippen LogP contribution in [0.2, 0.25) is 0 Å². The van der Waals surface area contributed by atoms with Gasteiger partial charge in [-0.3, -0.25) is 4.79 Å². The molecular formula is C32H35N5O3S. The molecule has 0 spiro atoms. The SMILES string of the molecule is Cn1c(C2(NC(=O)c3ccc4c(c3)NC(c3nccs3)C4C3CCCC3)CCC2)nc2c1C=CC(/C=C/C(=O)O)C2. The summed E-state index contributed by atoms with van der Waals surface area (Å²) in [6.45, 7) is 0. The molecule has 3 atom stereocenters. The second-order valence-corrected chi connectivity index (χ2v) is 12.9. The molecule has 9 heteroatoms. The summed E-state index contributed by atoms with van der Waals surface area (Å²) in [6, 6.07) is 6.33. The Kier molecular flexibility index (Phi) is 6.57. The summed E-state index contributed by atoms with van der Waals surface area (Å²) in [5, 5.41) is 19.3. The van der Waals surface area contributed by atoms with Crippen molar-refractivity contribution in [3.63, 3.8) is 0 Å². The number of nitrogens with one attached hydrogen (secondary N) is 2. The third-order valence-electron chi connectivity index (χ3n) is 9.59. The molecule has 2 saturated carbocycles. The first-order valence-corrected chi connectivity index (χ1v) is 15.6. The smallest absolute Gasteiger partial charge is 0.327 e. The van der Waals surface area contributed by atoms with Gasteiger partial charge in [0.25, 0.3) is 5.91 Å². The van der Waals surface area contributed by atoms with Crippen molar-refractivity contribution in [2.24, 2.45) is 18.9 Å². The van der Waals surface area contributed by atoms with Gasteiger partial charge in [-0.1, -0.05) is 31.1 Å². The minimum Gasteiger partial charge on any atom is -0.478 e. The number of carboxylic acids is 1. The first kappa shape index (κ1) is 26.2. The van der Waals surface area contributed by atoms with Gasteiger partial charge in [0, 0.05) is 54.2 Å². The average molecular weight is 570 g/mol. The number of hydrogen-bond donors (Lipinski definition) is 3. The first-order chi connectivity index (χ1) is 19.9. The van der Waals surface area contributed by atoms with Crippen molar-refractivity contribution in [2.45, 2.75) is 68.9 Å². The molecule has 1 amide bonds. The lowest BCUT2D eigenvalue weighted by Gasteiger charge is -2.41. The number of carbonyl (C=O) groups is 2. The molecule has 3 aromatic rings. The van der Waals surface area contributed by atoms with Gasteiger partial charge >= 0.3 is 5.97 Å². The normalized spacial score (nSPS) is 24.6. The molecule has 41 heavy (non-hydrogen) atoms. The van der Waals surface area contributed by atoms with E-state index in [4.69, 9.17) is 10.1 Å². The van der Waals surface area contributed by atoms with Crippen LogP contribution in [-0.2, 0) is 23.8 Å². The Morgan fingerprint density at radius 3 is 2.76 bits per heavy atom. The summed E-state index contributed by atoms with van der Waals surface area (Å²) < 4.78 is 2.09.